The van der Waals surface area contributed by atoms with Gasteiger partial charge in [-0.1, -0.05) is 24.3 Å². The van der Waals surface area contributed by atoms with Gasteiger partial charge >= 0.3 is 0 Å². The van der Waals surface area contributed by atoms with E-state index in [2.05, 4.69) is 46.1 Å². The van der Waals surface area contributed by atoms with Crippen molar-refractivity contribution in [3.05, 3.63) is 65.0 Å². The van der Waals surface area contributed by atoms with E-state index >= 15 is 0 Å². The molecule has 0 spiro atoms. The average molecular weight is 323 g/mol. The normalized spacial score (nSPS) is 16.2. The summed E-state index contributed by atoms with van der Waals surface area (Å²) in [5.41, 5.74) is 3.98. The van der Waals surface area contributed by atoms with Crippen molar-refractivity contribution < 1.29 is 4.79 Å². The second kappa shape index (κ2) is 7.69. The molecule has 0 amide bonds. The summed E-state index contributed by atoms with van der Waals surface area (Å²) in [4.78, 5) is 21.4. The Labute approximate surface area is 144 Å². The number of carbonyl (C=O) groups is 1. The van der Waals surface area contributed by atoms with Crippen molar-refractivity contribution in [2.24, 2.45) is 0 Å². The van der Waals surface area contributed by atoms with Crippen molar-refractivity contribution in [3.63, 3.8) is 0 Å². The molecule has 1 aromatic carbocycles. The molecule has 24 heavy (non-hydrogen) atoms. The fraction of sp³-hybridized carbons (Fsp3) is 0.400. The second-order valence-corrected chi connectivity index (χ2v) is 6.68. The zero-order chi connectivity index (χ0) is 16.9. The number of ketones is 1. The predicted molar refractivity (Wildman–Crippen MR) is 96.2 cm³/mol. The lowest BCUT2D eigenvalue weighted by atomic mass is 10.0. The first-order valence-electron chi connectivity index (χ1n) is 8.55. The molecule has 4 heteroatoms. The molecule has 0 aliphatic carbocycles. The molecule has 2 aromatic rings. The second-order valence-electron chi connectivity index (χ2n) is 6.68. The molecule has 0 saturated carbocycles. The minimum absolute atomic E-state index is 0.120. The van der Waals surface area contributed by atoms with Crippen LogP contribution in [0.1, 0.15) is 27.2 Å². The summed E-state index contributed by atoms with van der Waals surface area (Å²) in [7, 11) is 2.17. The van der Waals surface area contributed by atoms with Crippen LogP contribution < -0.4 is 0 Å². The van der Waals surface area contributed by atoms with E-state index in [1.807, 2.05) is 19.1 Å². The van der Waals surface area contributed by atoms with Crippen LogP contribution in [-0.2, 0) is 13.0 Å². The first-order valence-corrected chi connectivity index (χ1v) is 8.55. The third-order valence-electron chi connectivity index (χ3n) is 4.62. The van der Waals surface area contributed by atoms with E-state index in [0.29, 0.717) is 12.0 Å². The van der Waals surface area contributed by atoms with Crippen LogP contribution >= 0.6 is 0 Å². The third kappa shape index (κ3) is 4.49. The molecule has 1 aliphatic rings. The van der Waals surface area contributed by atoms with E-state index in [9.17, 15) is 4.79 Å². The molecule has 2 heterocycles. The van der Waals surface area contributed by atoms with Crippen LogP contribution in [0.15, 0.2) is 42.6 Å². The number of nitrogens with zero attached hydrogens (tertiary/aromatic N) is 3. The monoisotopic (exact) mass is 323 g/mol. The zero-order valence-electron chi connectivity index (χ0n) is 14.5. The van der Waals surface area contributed by atoms with Crippen LogP contribution in [0.25, 0.3) is 0 Å². The van der Waals surface area contributed by atoms with Gasteiger partial charge in [-0.2, -0.15) is 0 Å². The Bertz CT molecular complexity index is 671. The van der Waals surface area contributed by atoms with Crippen LogP contribution in [0.5, 0.6) is 0 Å². The lowest BCUT2D eigenvalue weighted by Crippen LogP contribution is -2.43. The van der Waals surface area contributed by atoms with Gasteiger partial charge in [0.1, 0.15) is 0 Å². The predicted octanol–water partition coefficient (Wildman–Crippen LogP) is 2.56. The molecule has 1 saturated heterocycles. The Hall–Kier alpha value is -2.04. The van der Waals surface area contributed by atoms with Crippen LogP contribution in [-0.4, -0.2) is 53.8 Å². The topological polar surface area (TPSA) is 36.4 Å². The number of rotatable bonds is 5. The van der Waals surface area contributed by atoms with Gasteiger partial charge in [-0.15, -0.1) is 0 Å². The van der Waals surface area contributed by atoms with Crippen molar-refractivity contribution in [2.75, 3.05) is 33.2 Å². The smallest absolute Gasteiger partial charge is 0.168 e. The third-order valence-corrected chi connectivity index (χ3v) is 4.62. The number of aromatic nitrogens is 1. The summed E-state index contributed by atoms with van der Waals surface area (Å²) in [6, 6.07) is 12.2. The van der Waals surface area contributed by atoms with Gasteiger partial charge < -0.3 is 4.90 Å². The van der Waals surface area contributed by atoms with Crippen LogP contribution in [0.4, 0.5) is 0 Å². The summed E-state index contributed by atoms with van der Waals surface area (Å²) in [6.07, 6.45) is 2.10. The quantitative estimate of drug-likeness (QED) is 0.793. The van der Waals surface area contributed by atoms with Gasteiger partial charge in [-0.25, -0.2) is 0 Å². The molecule has 126 valence electrons. The summed E-state index contributed by atoms with van der Waals surface area (Å²) >= 11 is 0. The largest absolute Gasteiger partial charge is 0.304 e. The zero-order valence-corrected chi connectivity index (χ0v) is 14.5. The lowest BCUT2D eigenvalue weighted by Gasteiger charge is -2.32. The maximum Gasteiger partial charge on any atom is 0.168 e. The lowest BCUT2D eigenvalue weighted by molar-refractivity contribution is 0.0992. The van der Waals surface area contributed by atoms with Crippen molar-refractivity contribution >= 4 is 5.78 Å². The van der Waals surface area contributed by atoms with Crippen LogP contribution in [0.3, 0.4) is 0 Å². The standard InChI is InChI=1S/C20H25N3O/c1-16-3-8-19(14-21-16)20(24)13-17-4-6-18(7-5-17)15-23-11-9-22(2)10-12-23/h3-8,14H,9-13,15H2,1-2H3. The summed E-state index contributed by atoms with van der Waals surface area (Å²) in [5, 5.41) is 0. The average Bonchev–Trinajstić information content (AvgIpc) is 2.59. The number of benzene rings is 1. The highest BCUT2D eigenvalue weighted by molar-refractivity contribution is 5.97. The van der Waals surface area contributed by atoms with Crippen molar-refractivity contribution in [2.45, 2.75) is 19.9 Å². The van der Waals surface area contributed by atoms with Gasteiger partial charge in [-0.3, -0.25) is 14.7 Å². The Morgan fingerprint density at radius 3 is 2.29 bits per heavy atom. The van der Waals surface area contributed by atoms with E-state index in [1.54, 1.807) is 6.20 Å². The van der Waals surface area contributed by atoms with Gasteiger partial charge in [0.05, 0.1) is 0 Å². The summed E-state index contributed by atoms with van der Waals surface area (Å²) < 4.78 is 0. The highest BCUT2D eigenvalue weighted by Crippen LogP contribution is 2.12. The van der Waals surface area contributed by atoms with Gasteiger partial charge in [0.2, 0.25) is 0 Å². The van der Waals surface area contributed by atoms with Gasteiger partial charge in [0, 0.05) is 56.6 Å². The molecule has 0 bridgehead atoms. The number of piperazine rings is 1. The van der Waals surface area contributed by atoms with Crippen molar-refractivity contribution in [1.82, 2.24) is 14.8 Å². The molecule has 4 nitrogen and oxygen atoms in total. The first-order chi connectivity index (χ1) is 11.6. The molecular weight excluding hydrogens is 298 g/mol. The molecule has 1 fully saturated rings. The van der Waals surface area contributed by atoms with E-state index < -0.39 is 0 Å². The number of pyridine rings is 1. The fourth-order valence-corrected chi connectivity index (χ4v) is 2.95. The van der Waals surface area contributed by atoms with Crippen molar-refractivity contribution in [1.29, 1.82) is 0 Å². The highest BCUT2D eigenvalue weighted by Gasteiger charge is 2.14. The summed E-state index contributed by atoms with van der Waals surface area (Å²) in [6.45, 7) is 7.43. The minimum atomic E-state index is 0.120. The molecule has 1 aromatic heterocycles. The SMILES string of the molecule is Cc1ccc(C(=O)Cc2ccc(CN3CCN(C)CC3)cc2)cn1. The molecular formula is C20H25N3O. The van der Waals surface area contributed by atoms with Gasteiger partial charge in [0.15, 0.2) is 5.78 Å². The minimum Gasteiger partial charge on any atom is -0.304 e. The van der Waals surface area contributed by atoms with Crippen LogP contribution in [0, 0.1) is 6.92 Å². The van der Waals surface area contributed by atoms with Crippen LogP contribution in [0.2, 0.25) is 0 Å². The molecule has 1 aliphatic heterocycles. The Morgan fingerprint density at radius 1 is 1.00 bits per heavy atom. The molecule has 0 unspecified atom stereocenters. The number of carbonyl (C=O) groups excluding carboxylic acids is 1. The van der Waals surface area contributed by atoms with Gasteiger partial charge in [0.25, 0.3) is 0 Å². The Balaban J connectivity index is 1.56. The van der Waals surface area contributed by atoms with E-state index in [4.69, 9.17) is 0 Å². The maximum absolute atomic E-state index is 12.3. The van der Waals surface area contributed by atoms with E-state index in [-0.39, 0.29) is 5.78 Å². The fourth-order valence-electron chi connectivity index (χ4n) is 2.95. The maximum atomic E-state index is 12.3. The number of aryl methyl sites for hydroxylation is 1. The van der Waals surface area contributed by atoms with Crippen molar-refractivity contribution in [3.8, 4) is 0 Å². The Morgan fingerprint density at radius 2 is 1.67 bits per heavy atom. The number of Topliss-reactive ketones (excluding diaryl/α,β-unsaturated/α-hetero) is 1. The van der Waals surface area contributed by atoms with Gasteiger partial charge in [-0.05, 0) is 37.2 Å². The van der Waals surface area contributed by atoms with E-state index in [1.165, 1.54) is 5.56 Å². The Kier molecular flexibility index (Phi) is 5.38. The number of likely N-dealkylation sites (N-methyl/N-ethyl adjacent to an activating group) is 1. The molecule has 0 N–H and O–H groups in total. The summed E-state index contributed by atoms with van der Waals surface area (Å²) in [5.74, 6) is 0.120. The highest BCUT2D eigenvalue weighted by atomic mass is 16.1. The molecule has 0 radical (unpaired) electrons. The number of hydrogen-bond donors (Lipinski definition) is 0. The first kappa shape index (κ1) is 16.8. The molecule has 0 atom stereocenters. The number of hydrogen-bond acceptors (Lipinski definition) is 4. The molecule has 3 rings (SSSR count). The van der Waals surface area contributed by atoms with E-state index in [0.717, 1.165) is 44.0 Å².